The highest BCUT2D eigenvalue weighted by atomic mass is 32.2. The fourth-order valence-electron chi connectivity index (χ4n) is 2.98. The van der Waals surface area contributed by atoms with Gasteiger partial charge in [0.15, 0.2) is 19.7 Å². The van der Waals surface area contributed by atoms with Gasteiger partial charge in [0, 0.05) is 6.04 Å². The van der Waals surface area contributed by atoms with Crippen molar-refractivity contribution in [2.45, 2.75) is 21.9 Å². The molecular formula is C16H18FNO4S3. The zero-order valence-corrected chi connectivity index (χ0v) is 15.7. The predicted molar refractivity (Wildman–Crippen MR) is 95.8 cm³/mol. The number of nitrogens with one attached hydrogen (secondary N) is 1. The van der Waals surface area contributed by atoms with E-state index in [1.165, 1.54) is 12.1 Å². The third-order valence-corrected chi connectivity index (χ3v) is 9.81. The molecule has 25 heavy (non-hydrogen) atoms. The van der Waals surface area contributed by atoms with E-state index in [0.29, 0.717) is 18.5 Å². The van der Waals surface area contributed by atoms with Crippen LogP contribution in [0, 0.1) is 5.82 Å². The Kier molecular flexibility index (Phi) is 5.29. The summed E-state index contributed by atoms with van der Waals surface area (Å²) in [6, 6.07) is 8.76. The van der Waals surface area contributed by atoms with Gasteiger partial charge in [-0.1, -0.05) is 24.3 Å². The molecule has 2 aromatic rings. The average Bonchev–Trinajstić information content (AvgIpc) is 3.17. The monoisotopic (exact) mass is 403 g/mol. The van der Waals surface area contributed by atoms with Crippen LogP contribution in [0.15, 0.2) is 46.0 Å². The molecule has 136 valence electrons. The second kappa shape index (κ2) is 7.14. The Balaban J connectivity index is 1.74. The van der Waals surface area contributed by atoms with Gasteiger partial charge in [-0.3, -0.25) is 0 Å². The molecule has 2 atom stereocenters. The maximum absolute atomic E-state index is 13.6. The number of hydrogen-bond donors (Lipinski definition) is 1. The van der Waals surface area contributed by atoms with Crippen molar-refractivity contribution in [3.05, 3.63) is 53.2 Å². The van der Waals surface area contributed by atoms with Crippen LogP contribution in [0.25, 0.3) is 0 Å². The van der Waals surface area contributed by atoms with Crippen molar-refractivity contribution in [1.29, 1.82) is 0 Å². The number of benzene rings is 1. The lowest BCUT2D eigenvalue weighted by Gasteiger charge is -2.19. The van der Waals surface area contributed by atoms with E-state index >= 15 is 0 Å². The van der Waals surface area contributed by atoms with Crippen molar-refractivity contribution in [2.75, 3.05) is 18.1 Å². The maximum Gasteiger partial charge on any atom is 0.193 e. The minimum Gasteiger partial charge on any atom is -0.311 e. The molecule has 0 saturated carbocycles. The Hall–Kier alpha value is -1.29. The van der Waals surface area contributed by atoms with Crippen molar-refractivity contribution in [2.24, 2.45) is 0 Å². The summed E-state index contributed by atoms with van der Waals surface area (Å²) in [7, 11) is -7.15. The number of rotatable bonds is 6. The number of halogens is 1. The van der Waals surface area contributed by atoms with Gasteiger partial charge in [0.05, 0.1) is 16.8 Å². The minimum absolute atomic E-state index is 0.176. The molecule has 1 aromatic carbocycles. The first-order valence-electron chi connectivity index (χ1n) is 7.74. The van der Waals surface area contributed by atoms with E-state index in [4.69, 9.17) is 0 Å². The number of thiophene rings is 1. The van der Waals surface area contributed by atoms with Crippen LogP contribution < -0.4 is 5.32 Å². The first-order chi connectivity index (χ1) is 11.8. The van der Waals surface area contributed by atoms with E-state index in [1.807, 2.05) is 0 Å². The summed E-state index contributed by atoms with van der Waals surface area (Å²) in [5.74, 6) is -0.935. The lowest BCUT2D eigenvalue weighted by atomic mass is 10.1. The first-order valence-corrected chi connectivity index (χ1v) is 12.0. The average molecular weight is 404 g/mol. The van der Waals surface area contributed by atoms with E-state index in [-0.39, 0.29) is 21.5 Å². The molecule has 0 radical (unpaired) electrons. The molecule has 5 nitrogen and oxygen atoms in total. The molecule has 2 unspecified atom stereocenters. The molecule has 1 N–H and O–H groups in total. The van der Waals surface area contributed by atoms with Gasteiger partial charge in [0.25, 0.3) is 0 Å². The molecule has 1 saturated heterocycles. The van der Waals surface area contributed by atoms with Crippen molar-refractivity contribution in [1.82, 2.24) is 5.32 Å². The summed E-state index contributed by atoms with van der Waals surface area (Å²) >= 11 is 1.08. The molecular weight excluding hydrogens is 385 g/mol. The largest absolute Gasteiger partial charge is 0.311 e. The fourth-order valence-corrected chi connectivity index (χ4v) is 8.92. The molecule has 1 fully saturated rings. The Morgan fingerprint density at radius 2 is 1.92 bits per heavy atom. The minimum atomic E-state index is -3.72. The zero-order chi connectivity index (χ0) is 18.1. The maximum atomic E-state index is 13.6. The van der Waals surface area contributed by atoms with E-state index in [0.717, 1.165) is 11.3 Å². The number of sulfone groups is 2. The molecule has 0 amide bonds. The van der Waals surface area contributed by atoms with Crippen LogP contribution in [0.1, 0.15) is 5.56 Å². The molecule has 0 bridgehead atoms. The summed E-state index contributed by atoms with van der Waals surface area (Å²) in [6.45, 7) is 0.303. The molecule has 2 heterocycles. The van der Waals surface area contributed by atoms with Crippen molar-refractivity contribution in [3.8, 4) is 0 Å². The Morgan fingerprint density at radius 1 is 1.16 bits per heavy atom. The summed E-state index contributed by atoms with van der Waals surface area (Å²) in [5, 5.41) is 3.64. The topological polar surface area (TPSA) is 80.3 Å². The lowest BCUT2D eigenvalue weighted by Crippen LogP contribution is -2.43. The van der Waals surface area contributed by atoms with Crippen LogP contribution in [0.4, 0.5) is 4.39 Å². The third-order valence-electron chi connectivity index (χ3n) is 4.23. The standard InChI is InChI=1S/C16H18FNO4S3/c17-13-5-2-1-4-12(13)7-8-18-14-10-24(19,20)11-15(14)25(21,22)16-6-3-9-23-16/h1-6,9,14-15,18H,7-8,10-11H2. The van der Waals surface area contributed by atoms with Gasteiger partial charge in [0.1, 0.15) is 10.0 Å². The van der Waals surface area contributed by atoms with Crippen LogP contribution in [-0.4, -0.2) is 46.2 Å². The van der Waals surface area contributed by atoms with Gasteiger partial charge in [0.2, 0.25) is 0 Å². The van der Waals surface area contributed by atoms with Gasteiger partial charge in [-0.05, 0) is 36.0 Å². The second-order valence-electron chi connectivity index (χ2n) is 5.99. The molecule has 0 spiro atoms. The molecule has 3 rings (SSSR count). The highest BCUT2D eigenvalue weighted by molar-refractivity contribution is 7.97. The van der Waals surface area contributed by atoms with Crippen molar-refractivity contribution >= 4 is 31.0 Å². The second-order valence-corrected chi connectivity index (χ2v) is 11.5. The van der Waals surface area contributed by atoms with Crippen LogP contribution in [0.2, 0.25) is 0 Å². The lowest BCUT2D eigenvalue weighted by molar-refractivity contribution is 0.524. The molecule has 0 aliphatic carbocycles. The highest BCUT2D eigenvalue weighted by Crippen LogP contribution is 2.28. The summed E-state index contributed by atoms with van der Waals surface area (Å²) < 4.78 is 63.3. The smallest absolute Gasteiger partial charge is 0.193 e. The van der Waals surface area contributed by atoms with Crippen LogP contribution >= 0.6 is 11.3 Å². The predicted octanol–water partition coefficient (Wildman–Crippen LogP) is 1.66. The Morgan fingerprint density at radius 3 is 2.60 bits per heavy atom. The molecule has 1 aromatic heterocycles. The van der Waals surface area contributed by atoms with Gasteiger partial charge >= 0.3 is 0 Å². The van der Waals surface area contributed by atoms with Crippen molar-refractivity contribution in [3.63, 3.8) is 0 Å². The van der Waals surface area contributed by atoms with Gasteiger partial charge < -0.3 is 5.32 Å². The SMILES string of the molecule is O=S1(=O)CC(NCCc2ccccc2F)C(S(=O)(=O)c2cccs2)C1. The quantitative estimate of drug-likeness (QED) is 0.793. The first kappa shape index (κ1) is 18.5. The molecule has 1 aliphatic heterocycles. The normalized spacial score (nSPS) is 22.9. The Labute approximate surface area is 150 Å². The van der Waals surface area contributed by atoms with Gasteiger partial charge in [-0.15, -0.1) is 11.3 Å². The van der Waals surface area contributed by atoms with Crippen LogP contribution in [0.5, 0.6) is 0 Å². The zero-order valence-electron chi connectivity index (χ0n) is 13.3. The third kappa shape index (κ3) is 4.11. The number of hydrogen-bond acceptors (Lipinski definition) is 6. The molecule has 9 heteroatoms. The summed E-state index contributed by atoms with van der Waals surface area (Å²) in [6.07, 6.45) is 0.356. The summed E-state index contributed by atoms with van der Waals surface area (Å²) in [4.78, 5) is 0. The Bertz CT molecular complexity index is 940. The highest BCUT2D eigenvalue weighted by Gasteiger charge is 2.45. The van der Waals surface area contributed by atoms with E-state index in [2.05, 4.69) is 5.32 Å². The van der Waals surface area contributed by atoms with Gasteiger partial charge in [-0.2, -0.15) is 0 Å². The van der Waals surface area contributed by atoms with Crippen LogP contribution in [-0.2, 0) is 26.1 Å². The molecule has 1 aliphatic rings. The van der Waals surface area contributed by atoms with Crippen molar-refractivity contribution < 1.29 is 21.2 Å². The van der Waals surface area contributed by atoms with E-state index in [1.54, 1.807) is 29.6 Å². The summed E-state index contributed by atoms with van der Waals surface area (Å²) in [5.41, 5.74) is 0.508. The van der Waals surface area contributed by atoms with E-state index < -0.39 is 31.0 Å². The van der Waals surface area contributed by atoms with E-state index in [9.17, 15) is 21.2 Å². The van der Waals surface area contributed by atoms with Gasteiger partial charge in [-0.25, -0.2) is 21.2 Å². The fraction of sp³-hybridized carbons (Fsp3) is 0.375. The van der Waals surface area contributed by atoms with Crippen LogP contribution in [0.3, 0.4) is 0 Å².